The summed E-state index contributed by atoms with van der Waals surface area (Å²) in [5.41, 5.74) is 4.85. The Morgan fingerprint density at radius 1 is 1.19 bits per heavy atom. The van der Waals surface area contributed by atoms with E-state index in [2.05, 4.69) is 16.2 Å². The van der Waals surface area contributed by atoms with Gasteiger partial charge in [-0.15, -0.1) is 5.53 Å². The molecule has 12 nitrogen and oxygen atoms in total. The number of fused-ring (bicyclic) bond motifs is 1. The van der Waals surface area contributed by atoms with Gasteiger partial charge >= 0.3 is 5.97 Å². The van der Waals surface area contributed by atoms with Crippen LogP contribution in [0.25, 0.3) is 0 Å². The van der Waals surface area contributed by atoms with Crippen molar-refractivity contribution in [2.45, 2.75) is 25.3 Å². The maximum absolute atomic E-state index is 12.9. The summed E-state index contributed by atoms with van der Waals surface area (Å²) in [5.74, 6) is -3.08. The fourth-order valence-corrected chi connectivity index (χ4v) is 3.82. The van der Waals surface area contributed by atoms with E-state index in [-0.39, 0.29) is 30.4 Å². The third-order valence-corrected chi connectivity index (χ3v) is 5.49. The van der Waals surface area contributed by atoms with Crippen LogP contribution in [0.3, 0.4) is 0 Å². The van der Waals surface area contributed by atoms with Crippen LogP contribution in [0, 0.1) is 0 Å². The number of imide groups is 2. The summed E-state index contributed by atoms with van der Waals surface area (Å²) in [6, 6.07) is 3.76. The Labute approximate surface area is 182 Å². The Kier molecular flexibility index (Phi) is 5.53. The molecular formula is C20H22N6O6. The Morgan fingerprint density at radius 3 is 2.66 bits per heavy atom. The maximum Gasteiger partial charge on any atom is 0.305 e. The van der Waals surface area contributed by atoms with E-state index < -0.39 is 35.6 Å². The molecule has 1 unspecified atom stereocenters. The Morgan fingerprint density at radius 2 is 1.94 bits per heavy atom. The first kappa shape index (κ1) is 21.3. The molecule has 32 heavy (non-hydrogen) atoms. The minimum absolute atomic E-state index is 0.0112. The molecule has 3 aliphatic heterocycles. The zero-order valence-electron chi connectivity index (χ0n) is 17.3. The molecule has 4 amide bonds. The van der Waals surface area contributed by atoms with Gasteiger partial charge in [0.2, 0.25) is 11.8 Å². The van der Waals surface area contributed by atoms with Gasteiger partial charge in [0.05, 0.1) is 29.8 Å². The number of benzene rings is 1. The lowest BCUT2D eigenvalue weighted by molar-refractivity contribution is -0.138. The average molecular weight is 442 g/mol. The Balaban J connectivity index is 1.44. The van der Waals surface area contributed by atoms with Gasteiger partial charge in [-0.1, -0.05) is 0 Å². The number of hydrazine groups is 2. The lowest BCUT2D eigenvalue weighted by Crippen LogP contribution is -2.54. The highest BCUT2D eigenvalue weighted by molar-refractivity contribution is 6.23. The molecule has 0 spiro atoms. The van der Waals surface area contributed by atoms with Crippen molar-refractivity contribution in [3.63, 3.8) is 0 Å². The molecule has 1 fully saturated rings. The number of likely N-dealkylation sites (N-methyl/N-ethyl adjacent to an activating group) is 1. The molecule has 0 aliphatic carbocycles. The number of hydrogen-bond donors (Lipinski definition) is 4. The summed E-state index contributed by atoms with van der Waals surface area (Å²) < 4.78 is 0. The van der Waals surface area contributed by atoms with E-state index in [1.807, 2.05) is 0 Å². The first-order chi connectivity index (χ1) is 15.2. The van der Waals surface area contributed by atoms with E-state index in [0.29, 0.717) is 18.8 Å². The van der Waals surface area contributed by atoms with Crippen LogP contribution in [0.1, 0.15) is 40.0 Å². The quantitative estimate of drug-likeness (QED) is 0.406. The van der Waals surface area contributed by atoms with E-state index >= 15 is 0 Å². The normalized spacial score (nSPS) is 20.5. The molecule has 0 aromatic heterocycles. The zero-order valence-corrected chi connectivity index (χ0v) is 17.3. The Bertz CT molecular complexity index is 1050. The maximum atomic E-state index is 12.9. The van der Waals surface area contributed by atoms with Crippen molar-refractivity contribution in [1.29, 1.82) is 0 Å². The second-order valence-electron chi connectivity index (χ2n) is 7.68. The summed E-state index contributed by atoms with van der Waals surface area (Å²) in [4.78, 5) is 60.8. The molecule has 1 aromatic carbocycles. The van der Waals surface area contributed by atoms with Gasteiger partial charge in [-0.05, 0) is 24.6 Å². The SMILES string of the molecule is CN1NN(CCC(=O)O)C=C1CNc1ccc2c(c1)C(=O)N(C1CCC(=O)NC1=O)C2=O. The van der Waals surface area contributed by atoms with Crippen LogP contribution in [-0.4, -0.2) is 75.8 Å². The number of carbonyl (C=O) groups is 5. The molecule has 0 radical (unpaired) electrons. The van der Waals surface area contributed by atoms with E-state index in [9.17, 15) is 24.0 Å². The van der Waals surface area contributed by atoms with Crippen molar-refractivity contribution in [1.82, 2.24) is 25.8 Å². The zero-order chi connectivity index (χ0) is 23.0. The molecule has 0 bridgehead atoms. The number of piperidine rings is 1. The summed E-state index contributed by atoms with van der Waals surface area (Å²) in [6.07, 6.45) is 1.94. The van der Waals surface area contributed by atoms with Crippen molar-refractivity contribution >= 4 is 35.3 Å². The number of nitrogens with one attached hydrogen (secondary N) is 3. The third-order valence-electron chi connectivity index (χ3n) is 5.49. The number of carbonyl (C=O) groups excluding carboxylic acids is 4. The number of nitrogens with zero attached hydrogens (tertiary/aromatic N) is 3. The van der Waals surface area contributed by atoms with Crippen molar-refractivity contribution < 1.29 is 29.1 Å². The molecular weight excluding hydrogens is 420 g/mol. The van der Waals surface area contributed by atoms with Crippen LogP contribution < -0.4 is 16.2 Å². The van der Waals surface area contributed by atoms with Gasteiger partial charge in [0.25, 0.3) is 11.8 Å². The fourth-order valence-electron chi connectivity index (χ4n) is 3.82. The molecule has 12 heteroatoms. The third kappa shape index (κ3) is 3.99. The molecule has 4 rings (SSSR count). The lowest BCUT2D eigenvalue weighted by Gasteiger charge is -2.27. The van der Waals surface area contributed by atoms with Crippen molar-refractivity contribution in [3.05, 3.63) is 41.2 Å². The highest BCUT2D eigenvalue weighted by Gasteiger charge is 2.44. The summed E-state index contributed by atoms with van der Waals surface area (Å²) >= 11 is 0. The number of anilines is 1. The van der Waals surface area contributed by atoms with Crippen LogP contribution in [0.5, 0.6) is 0 Å². The van der Waals surface area contributed by atoms with Gasteiger partial charge in [-0.2, -0.15) is 0 Å². The second kappa shape index (κ2) is 8.30. The van der Waals surface area contributed by atoms with Crippen LogP contribution in [0.15, 0.2) is 30.1 Å². The van der Waals surface area contributed by atoms with Gasteiger partial charge in [0.15, 0.2) is 0 Å². The van der Waals surface area contributed by atoms with Gasteiger partial charge in [0, 0.05) is 31.9 Å². The first-order valence-corrected chi connectivity index (χ1v) is 10.0. The van der Waals surface area contributed by atoms with E-state index in [1.54, 1.807) is 35.4 Å². The molecule has 4 N–H and O–H groups in total. The average Bonchev–Trinajstić information content (AvgIpc) is 3.22. The standard InChI is InChI=1S/C20H22N6O6/c1-24-12(10-25(23-24)7-6-17(28)29)9-21-11-2-3-13-14(8-11)20(32)26(19(13)31)15-4-5-16(27)22-18(15)30/h2-3,8,10,15,21,23H,4-7,9H2,1H3,(H,28,29)(H,22,27,30). The van der Waals surface area contributed by atoms with Gasteiger partial charge < -0.3 is 10.4 Å². The molecule has 1 atom stereocenters. The molecule has 168 valence electrons. The largest absolute Gasteiger partial charge is 0.481 e. The van der Waals surface area contributed by atoms with Gasteiger partial charge in [-0.3, -0.25) is 44.2 Å². The van der Waals surface area contributed by atoms with Crippen LogP contribution in [-0.2, 0) is 14.4 Å². The van der Waals surface area contributed by atoms with E-state index in [1.165, 1.54) is 6.07 Å². The predicted octanol–water partition coefficient (Wildman–Crippen LogP) is -0.517. The van der Waals surface area contributed by atoms with Crippen LogP contribution in [0.2, 0.25) is 0 Å². The lowest BCUT2D eigenvalue weighted by atomic mass is 10.0. The summed E-state index contributed by atoms with van der Waals surface area (Å²) in [6.45, 7) is 0.680. The summed E-state index contributed by atoms with van der Waals surface area (Å²) in [5, 5.41) is 17.6. The number of hydrogen-bond acceptors (Lipinski definition) is 9. The van der Waals surface area contributed by atoms with Gasteiger partial charge in [-0.25, -0.2) is 0 Å². The summed E-state index contributed by atoms with van der Waals surface area (Å²) in [7, 11) is 1.79. The highest BCUT2D eigenvalue weighted by atomic mass is 16.4. The first-order valence-electron chi connectivity index (χ1n) is 10.0. The predicted molar refractivity (Wildman–Crippen MR) is 110 cm³/mol. The molecule has 3 heterocycles. The monoisotopic (exact) mass is 442 g/mol. The van der Waals surface area contributed by atoms with Crippen LogP contribution >= 0.6 is 0 Å². The number of rotatable bonds is 7. The molecule has 1 aromatic rings. The van der Waals surface area contributed by atoms with Crippen LogP contribution in [0.4, 0.5) is 5.69 Å². The van der Waals surface area contributed by atoms with Gasteiger partial charge in [0.1, 0.15) is 6.04 Å². The topological polar surface area (TPSA) is 151 Å². The van der Waals surface area contributed by atoms with Crippen molar-refractivity contribution in [3.8, 4) is 0 Å². The molecule has 1 saturated heterocycles. The fraction of sp³-hybridized carbons (Fsp3) is 0.350. The highest BCUT2D eigenvalue weighted by Crippen LogP contribution is 2.29. The number of amides is 4. The van der Waals surface area contributed by atoms with Crippen molar-refractivity contribution in [2.75, 3.05) is 25.5 Å². The Hall–Kier alpha value is -3.93. The van der Waals surface area contributed by atoms with E-state index in [0.717, 1.165) is 10.6 Å². The molecule has 0 saturated carbocycles. The number of carboxylic acid groups (broad SMARTS) is 1. The smallest absolute Gasteiger partial charge is 0.305 e. The second-order valence-corrected chi connectivity index (χ2v) is 7.68. The number of carboxylic acids is 1. The molecule has 3 aliphatic rings. The van der Waals surface area contributed by atoms with Crippen molar-refractivity contribution in [2.24, 2.45) is 0 Å². The van der Waals surface area contributed by atoms with E-state index in [4.69, 9.17) is 5.11 Å². The number of aliphatic carboxylic acids is 1. The minimum atomic E-state index is -1.00. The minimum Gasteiger partial charge on any atom is -0.481 e.